The second-order valence-corrected chi connectivity index (χ2v) is 8.52. The van der Waals surface area contributed by atoms with E-state index in [9.17, 15) is 0 Å². The van der Waals surface area contributed by atoms with Crippen LogP contribution in [-0.4, -0.2) is 47.2 Å². The Bertz CT molecular complexity index is 1240. The number of para-hydroxylation sites is 1. The van der Waals surface area contributed by atoms with Crippen LogP contribution < -0.4 is 9.64 Å². The number of hydrogen-bond acceptors (Lipinski definition) is 5. The van der Waals surface area contributed by atoms with Crippen LogP contribution in [0.5, 0.6) is 5.75 Å². The molecule has 5 rings (SSSR count). The normalized spacial score (nSPS) is 18.8. The lowest BCUT2D eigenvalue weighted by Gasteiger charge is -2.36. The maximum absolute atomic E-state index is 5.90. The maximum Gasteiger partial charge on any atom is 0.137 e. The van der Waals surface area contributed by atoms with Crippen molar-refractivity contribution < 1.29 is 9.47 Å². The predicted octanol–water partition coefficient (Wildman–Crippen LogP) is 4.92. The van der Waals surface area contributed by atoms with Gasteiger partial charge in [-0.15, -0.1) is 0 Å². The van der Waals surface area contributed by atoms with E-state index >= 15 is 0 Å². The van der Waals surface area contributed by atoms with Crippen molar-refractivity contribution in [3.8, 4) is 28.0 Å². The molecule has 2 atom stereocenters. The van der Waals surface area contributed by atoms with Gasteiger partial charge in [-0.25, -0.2) is 0 Å². The predicted molar refractivity (Wildman–Crippen MR) is 128 cm³/mol. The smallest absolute Gasteiger partial charge is 0.137 e. The fourth-order valence-electron chi connectivity index (χ4n) is 4.66. The Morgan fingerprint density at radius 3 is 2.34 bits per heavy atom. The third-order valence-electron chi connectivity index (χ3n) is 6.03. The third-order valence-corrected chi connectivity index (χ3v) is 6.03. The standard InChI is InChI=1S/C26H28N4O2/c1-17-14-30(15-18(2)32-17)21-10-8-19(9-11-21)24-13-27-25-22(20-12-28-29(3)16-20)6-5-7-23(25)26(24)31-4/h5-13,16-18H,14-15H2,1-4H3. The molecule has 6 heteroatoms. The van der Waals surface area contributed by atoms with Gasteiger partial charge in [-0.1, -0.05) is 24.3 Å². The Balaban J connectivity index is 1.53. The van der Waals surface area contributed by atoms with Crippen molar-refractivity contribution in [3.05, 3.63) is 61.1 Å². The monoisotopic (exact) mass is 428 g/mol. The van der Waals surface area contributed by atoms with Crippen molar-refractivity contribution in [2.75, 3.05) is 25.1 Å². The number of fused-ring (bicyclic) bond motifs is 1. The molecule has 2 aromatic carbocycles. The lowest BCUT2D eigenvalue weighted by molar-refractivity contribution is -0.00521. The third kappa shape index (κ3) is 3.71. The molecule has 1 saturated heterocycles. The number of aromatic nitrogens is 3. The summed E-state index contributed by atoms with van der Waals surface area (Å²) in [5.74, 6) is 0.835. The number of ether oxygens (including phenoxy) is 2. The van der Waals surface area contributed by atoms with Gasteiger partial charge in [0, 0.05) is 60.3 Å². The number of hydrogen-bond donors (Lipinski definition) is 0. The van der Waals surface area contributed by atoms with Crippen LogP contribution in [0, 0.1) is 0 Å². The highest BCUT2D eigenvalue weighted by Gasteiger charge is 2.22. The molecule has 2 aromatic heterocycles. The summed E-state index contributed by atoms with van der Waals surface area (Å²) in [5, 5.41) is 5.30. The number of nitrogens with zero attached hydrogens (tertiary/aromatic N) is 4. The van der Waals surface area contributed by atoms with Gasteiger partial charge in [-0.3, -0.25) is 9.67 Å². The summed E-state index contributed by atoms with van der Waals surface area (Å²) in [4.78, 5) is 7.23. The van der Waals surface area contributed by atoms with Gasteiger partial charge in [-0.2, -0.15) is 5.10 Å². The van der Waals surface area contributed by atoms with Crippen LogP contribution in [-0.2, 0) is 11.8 Å². The average Bonchev–Trinajstić information content (AvgIpc) is 3.23. The molecule has 1 fully saturated rings. The summed E-state index contributed by atoms with van der Waals surface area (Å²) >= 11 is 0. The van der Waals surface area contributed by atoms with E-state index in [-0.39, 0.29) is 12.2 Å². The van der Waals surface area contributed by atoms with Crippen LogP contribution in [0.2, 0.25) is 0 Å². The number of morpholine rings is 1. The zero-order chi connectivity index (χ0) is 22.2. The molecule has 32 heavy (non-hydrogen) atoms. The number of benzene rings is 2. The second kappa shape index (κ2) is 8.28. The minimum absolute atomic E-state index is 0.234. The number of methoxy groups -OCH3 is 1. The SMILES string of the molecule is COc1c(-c2ccc(N3CC(C)OC(C)C3)cc2)cnc2c(-c3cnn(C)c3)cccc12. The summed E-state index contributed by atoms with van der Waals surface area (Å²) in [6.45, 7) is 6.06. The molecular formula is C26H28N4O2. The van der Waals surface area contributed by atoms with Crippen LogP contribution in [0.25, 0.3) is 33.2 Å². The molecule has 1 aliphatic heterocycles. The summed E-state index contributed by atoms with van der Waals surface area (Å²) < 4.78 is 13.6. The molecule has 0 saturated carbocycles. The van der Waals surface area contributed by atoms with Gasteiger partial charge in [0.2, 0.25) is 0 Å². The van der Waals surface area contributed by atoms with Crippen LogP contribution in [0.3, 0.4) is 0 Å². The summed E-state index contributed by atoms with van der Waals surface area (Å²) in [6.07, 6.45) is 6.25. The zero-order valence-electron chi connectivity index (χ0n) is 18.9. The molecule has 164 valence electrons. The highest BCUT2D eigenvalue weighted by Crippen LogP contribution is 2.39. The number of pyridine rings is 1. The Morgan fingerprint density at radius 2 is 1.69 bits per heavy atom. The van der Waals surface area contributed by atoms with Crippen LogP contribution >= 0.6 is 0 Å². The van der Waals surface area contributed by atoms with Crippen molar-refractivity contribution in [2.45, 2.75) is 26.1 Å². The minimum Gasteiger partial charge on any atom is -0.495 e. The first-order chi connectivity index (χ1) is 15.5. The van der Waals surface area contributed by atoms with Crippen LogP contribution in [0.15, 0.2) is 61.1 Å². The van der Waals surface area contributed by atoms with E-state index in [1.54, 1.807) is 11.8 Å². The van der Waals surface area contributed by atoms with Gasteiger partial charge < -0.3 is 14.4 Å². The van der Waals surface area contributed by atoms with Gasteiger partial charge >= 0.3 is 0 Å². The highest BCUT2D eigenvalue weighted by atomic mass is 16.5. The van der Waals surface area contributed by atoms with Crippen LogP contribution in [0.4, 0.5) is 5.69 Å². The van der Waals surface area contributed by atoms with Gasteiger partial charge in [0.1, 0.15) is 5.75 Å². The topological polar surface area (TPSA) is 52.4 Å². The molecule has 0 bridgehead atoms. The van der Waals surface area contributed by atoms with E-state index in [0.29, 0.717) is 0 Å². The van der Waals surface area contributed by atoms with Gasteiger partial charge in [-0.05, 0) is 37.6 Å². The molecule has 1 aliphatic rings. The van der Waals surface area contributed by atoms with Crippen molar-refractivity contribution in [1.82, 2.24) is 14.8 Å². The summed E-state index contributed by atoms with van der Waals surface area (Å²) in [7, 11) is 3.64. The first-order valence-corrected chi connectivity index (χ1v) is 11.0. The molecule has 0 radical (unpaired) electrons. The first-order valence-electron chi connectivity index (χ1n) is 11.0. The zero-order valence-corrected chi connectivity index (χ0v) is 18.9. The fourth-order valence-corrected chi connectivity index (χ4v) is 4.66. The van der Waals surface area contributed by atoms with E-state index in [4.69, 9.17) is 14.5 Å². The molecule has 4 aromatic rings. The minimum atomic E-state index is 0.234. The van der Waals surface area contributed by atoms with Crippen molar-refractivity contribution in [2.24, 2.45) is 7.05 Å². The molecule has 6 nitrogen and oxygen atoms in total. The number of anilines is 1. The lowest BCUT2D eigenvalue weighted by atomic mass is 9.99. The van der Waals surface area contributed by atoms with E-state index in [1.807, 2.05) is 31.7 Å². The van der Waals surface area contributed by atoms with E-state index < -0.39 is 0 Å². The van der Waals surface area contributed by atoms with Gasteiger partial charge in [0.25, 0.3) is 0 Å². The molecule has 0 amide bonds. The van der Waals surface area contributed by atoms with E-state index in [2.05, 4.69) is 60.2 Å². The first kappa shape index (κ1) is 20.5. The van der Waals surface area contributed by atoms with Crippen LogP contribution in [0.1, 0.15) is 13.8 Å². The lowest BCUT2D eigenvalue weighted by Crippen LogP contribution is -2.45. The Kier molecular flexibility index (Phi) is 5.31. The fraction of sp³-hybridized carbons (Fsp3) is 0.308. The van der Waals surface area contributed by atoms with Crippen molar-refractivity contribution in [3.63, 3.8) is 0 Å². The largest absolute Gasteiger partial charge is 0.495 e. The van der Waals surface area contributed by atoms with Gasteiger partial charge in [0.05, 0.1) is 31.0 Å². The quantitative estimate of drug-likeness (QED) is 0.462. The molecule has 0 spiro atoms. The van der Waals surface area contributed by atoms with Crippen molar-refractivity contribution in [1.29, 1.82) is 0 Å². The average molecular weight is 429 g/mol. The Morgan fingerprint density at radius 1 is 0.938 bits per heavy atom. The Labute approximate surface area is 188 Å². The maximum atomic E-state index is 5.90. The van der Waals surface area contributed by atoms with Crippen molar-refractivity contribution >= 4 is 16.6 Å². The Hall–Kier alpha value is -3.38. The van der Waals surface area contributed by atoms with Gasteiger partial charge in [0.15, 0.2) is 0 Å². The second-order valence-electron chi connectivity index (χ2n) is 8.52. The molecular weight excluding hydrogens is 400 g/mol. The number of aryl methyl sites for hydroxylation is 1. The molecule has 3 heterocycles. The molecule has 0 N–H and O–H groups in total. The van der Waals surface area contributed by atoms with E-state index in [1.165, 1.54) is 5.69 Å². The highest BCUT2D eigenvalue weighted by molar-refractivity contribution is 6.00. The summed E-state index contributed by atoms with van der Waals surface area (Å²) in [5.41, 5.74) is 6.28. The van der Waals surface area contributed by atoms with E-state index in [0.717, 1.165) is 52.0 Å². The molecule has 2 unspecified atom stereocenters. The number of rotatable bonds is 4. The summed E-state index contributed by atoms with van der Waals surface area (Å²) in [6, 6.07) is 14.8. The molecule has 0 aliphatic carbocycles.